The van der Waals surface area contributed by atoms with Crippen LogP contribution in [-0.2, 0) is 11.3 Å². The first-order valence-corrected chi connectivity index (χ1v) is 8.84. The molecular weight excluding hydrogens is 344 g/mol. The molecule has 1 aliphatic rings. The van der Waals surface area contributed by atoms with Crippen LogP contribution in [-0.4, -0.2) is 51.4 Å². The number of hydrogen-bond acceptors (Lipinski definition) is 5. The van der Waals surface area contributed by atoms with Gasteiger partial charge in [-0.05, 0) is 42.5 Å². The summed E-state index contributed by atoms with van der Waals surface area (Å²) < 4.78 is 13.3. The number of carbonyl (C=O) groups is 1. The van der Waals surface area contributed by atoms with Crippen LogP contribution in [0.5, 0.6) is 11.5 Å². The van der Waals surface area contributed by atoms with Crippen LogP contribution in [0.1, 0.15) is 10.4 Å². The molecule has 2 aromatic heterocycles. The lowest BCUT2D eigenvalue weighted by molar-refractivity contribution is -0.0299. The maximum absolute atomic E-state index is 12.8. The number of amides is 1. The Morgan fingerprint density at radius 3 is 2.78 bits per heavy atom. The highest BCUT2D eigenvalue weighted by atomic mass is 16.5. The predicted molar refractivity (Wildman–Crippen MR) is 98.6 cm³/mol. The van der Waals surface area contributed by atoms with Crippen LogP contribution in [0.3, 0.4) is 0 Å². The van der Waals surface area contributed by atoms with Crippen LogP contribution in [0, 0.1) is 0 Å². The zero-order valence-corrected chi connectivity index (χ0v) is 14.8. The molecule has 1 aliphatic heterocycles. The summed E-state index contributed by atoms with van der Waals surface area (Å²) in [5.41, 5.74) is 0.633. The minimum Gasteiger partial charge on any atom is -0.456 e. The molecule has 7 heteroatoms. The van der Waals surface area contributed by atoms with Crippen molar-refractivity contribution in [2.45, 2.75) is 12.6 Å². The zero-order valence-electron chi connectivity index (χ0n) is 14.8. The van der Waals surface area contributed by atoms with Gasteiger partial charge >= 0.3 is 0 Å². The molecular formula is C20H20N4O3. The van der Waals surface area contributed by atoms with Crippen LogP contribution in [0.4, 0.5) is 0 Å². The lowest BCUT2D eigenvalue weighted by Crippen LogP contribution is -2.47. The van der Waals surface area contributed by atoms with Crippen LogP contribution in [0.15, 0.2) is 67.3 Å². The van der Waals surface area contributed by atoms with Crippen molar-refractivity contribution in [3.8, 4) is 11.5 Å². The third kappa shape index (κ3) is 4.32. The normalized spacial score (nSPS) is 16.9. The minimum absolute atomic E-state index is 0.00306. The van der Waals surface area contributed by atoms with E-state index in [1.165, 1.54) is 0 Å². The zero-order chi connectivity index (χ0) is 18.5. The second-order valence-electron chi connectivity index (χ2n) is 6.29. The van der Waals surface area contributed by atoms with Crippen molar-refractivity contribution in [2.24, 2.45) is 0 Å². The molecule has 1 saturated heterocycles. The summed E-state index contributed by atoms with van der Waals surface area (Å²) >= 11 is 0. The van der Waals surface area contributed by atoms with Gasteiger partial charge in [-0.15, -0.1) is 0 Å². The summed E-state index contributed by atoms with van der Waals surface area (Å²) in [6.07, 6.45) is 6.91. The highest BCUT2D eigenvalue weighted by molar-refractivity contribution is 5.94. The lowest BCUT2D eigenvalue weighted by Gasteiger charge is -2.33. The Hall–Kier alpha value is -3.19. The number of aromatic nitrogens is 3. The van der Waals surface area contributed by atoms with E-state index < -0.39 is 0 Å². The largest absolute Gasteiger partial charge is 0.456 e. The van der Waals surface area contributed by atoms with Gasteiger partial charge in [-0.3, -0.25) is 14.5 Å². The Labute approximate surface area is 157 Å². The van der Waals surface area contributed by atoms with Crippen molar-refractivity contribution in [2.75, 3.05) is 19.7 Å². The van der Waals surface area contributed by atoms with Crippen molar-refractivity contribution >= 4 is 5.91 Å². The molecule has 1 fully saturated rings. The molecule has 0 spiro atoms. The third-order valence-electron chi connectivity index (χ3n) is 4.35. The van der Waals surface area contributed by atoms with Gasteiger partial charge in [0.25, 0.3) is 5.91 Å². The number of rotatable bonds is 5. The summed E-state index contributed by atoms with van der Waals surface area (Å²) in [4.78, 5) is 18.7. The Morgan fingerprint density at radius 2 is 2.04 bits per heavy atom. The Balaban J connectivity index is 1.38. The molecule has 1 amide bonds. The molecule has 1 unspecified atom stereocenters. The first-order valence-electron chi connectivity index (χ1n) is 8.84. The molecule has 4 rings (SSSR count). The second kappa shape index (κ2) is 8.01. The number of nitrogens with zero attached hydrogens (tertiary/aromatic N) is 4. The molecule has 0 bridgehead atoms. The molecule has 0 saturated carbocycles. The first kappa shape index (κ1) is 17.2. The number of carbonyl (C=O) groups excluding carboxylic acids is 1. The molecule has 138 valence electrons. The summed E-state index contributed by atoms with van der Waals surface area (Å²) in [6.45, 7) is 2.30. The van der Waals surface area contributed by atoms with E-state index in [2.05, 4.69) is 10.1 Å². The number of hydrogen-bond donors (Lipinski definition) is 0. The Morgan fingerprint density at radius 1 is 1.15 bits per heavy atom. The summed E-state index contributed by atoms with van der Waals surface area (Å²) in [5.74, 6) is 1.32. The fourth-order valence-corrected chi connectivity index (χ4v) is 3.02. The number of morpholine rings is 1. The van der Waals surface area contributed by atoms with Gasteiger partial charge in [-0.25, -0.2) is 0 Å². The quantitative estimate of drug-likeness (QED) is 0.696. The fourth-order valence-electron chi connectivity index (χ4n) is 3.02. The van der Waals surface area contributed by atoms with Gasteiger partial charge in [-0.1, -0.05) is 0 Å². The molecule has 3 heterocycles. The molecule has 3 aromatic rings. The van der Waals surface area contributed by atoms with E-state index in [0.717, 1.165) is 0 Å². The smallest absolute Gasteiger partial charge is 0.254 e. The highest BCUT2D eigenvalue weighted by Gasteiger charge is 2.25. The van der Waals surface area contributed by atoms with Gasteiger partial charge in [0.05, 0.1) is 25.5 Å². The SMILES string of the molecule is O=C(c1ccc(Oc2cccnc2)cc1)N1CCOC(Cn2cccn2)C1. The van der Waals surface area contributed by atoms with Gasteiger partial charge in [0.2, 0.25) is 0 Å². The van der Waals surface area contributed by atoms with Gasteiger partial charge < -0.3 is 14.4 Å². The molecule has 1 atom stereocenters. The van der Waals surface area contributed by atoms with E-state index in [9.17, 15) is 4.79 Å². The van der Waals surface area contributed by atoms with E-state index in [0.29, 0.717) is 43.3 Å². The second-order valence-corrected chi connectivity index (χ2v) is 6.29. The van der Waals surface area contributed by atoms with Crippen LogP contribution >= 0.6 is 0 Å². The van der Waals surface area contributed by atoms with Gasteiger partial charge in [0.15, 0.2) is 0 Å². The van der Waals surface area contributed by atoms with Crippen molar-refractivity contribution in [1.29, 1.82) is 0 Å². The summed E-state index contributed by atoms with van der Waals surface area (Å²) in [5, 5.41) is 4.20. The molecule has 7 nitrogen and oxygen atoms in total. The van der Waals surface area contributed by atoms with Crippen molar-refractivity contribution < 1.29 is 14.3 Å². The standard InChI is InChI=1S/C20H20N4O3/c25-20(23-11-12-26-19(14-23)15-24-10-2-9-22-24)16-4-6-17(7-5-16)27-18-3-1-8-21-13-18/h1-10,13,19H,11-12,14-15H2. The van der Waals surface area contributed by atoms with E-state index in [1.807, 2.05) is 34.0 Å². The third-order valence-corrected chi connectivity index (χ3v) is 4.35. The topological polar surface area (TPSA) is 69.5 Å². The fraction of sp³-hybridized carbons (Fsp3) is 0.250. The maximum atomic E-state index is 12.8. The average Bonchev–Trinajstić information content (AvgIpc) is 3.22. The molecule has 0 aliphatic carbocycles. The maximum Gasteiger partial charge on any atom is 0.254 e. The minimum atomic E-state index is -0.0595. The summed E-state index contributed by atoms with van der Waals surface area (Å²) in [6, 6.07) is 12.7. The molecule has 1 aromatic carbocycles. The van der Waals surface area contributed by atoms with Gasteiger partial charge in [0.1, 0.15) is 11.5 Å². The first-order chi connectivity index (χ1) is 13.3. The molecule has 0 N–H and O–H groups in total. The number of pyridine rings is 1. The van der Waals surface area contributed by atoms with E-state index in [4.69, 9.17) is 9.47 Å². The Kier molecular flexibility index (Phi) is 5.11. The van der Waals surface area contributed by atoms with E-state index in [-0.39, 0.29) is 12.0 Å². The number of ether oxygens (including phenoxy) is 2. The van der Waals surface area contributed by atoms with Gasteiger partial charge in [-0.2, -0.15) is 5.10 Å². The van der Waals surface area contributed by atoms with E-state index in [1.54, 1.807) is 42.9 Å². The lowest BCUT2D eigenvalue weighted by atomic mass is 10.1. The van der Waals surface area contributed by atoms with Crippen molar-refractivity contribution in [1.82, 2.24) is 19.7 Å². The highest BCUT2D eigenvalue weighted by Crippen LogP contribution is 2.21. The van der Waals surface area contributed by atoms with Crippen LogP contribution in [0.25, 0.3) is 0 Å². The predicted octanol–water partition coefficient (Wildman–Crippen LogP) is 2.61. The van der Waals surface area contributed by atoms with Crippen molar-refractivity contribution in [3.63, 3.8) is 0 Å². The average molecular weight is 364 g/mol. The summed E-state index contributed by atoms with van der Waals surface area (Å²) in [7, 11) is 0. The Bertz CT molecular complexity index is 866. The molecule has 0 radical (unpaired) electrons. The van der Waals surface area contributed by atoms with E-state index >= 15 is 0 Å². The van der Waals surface area contributed by atoms with Gasteiger partial charge in [0, 0.05) is 37.2 Å². The van der Waals surface area contributed by atoms with Crippen LogP contribution in [0.2, 0.25) is 0 Å². The molecule has 27 heavy (non-hydrogen) atoms. The monoisotopic (exact) mass is 364 g/mol. The van der Waals surface area contributed by atoms with Crippen molar-refractivity contribution in [3.05, 3.63) is 72.8 Å². The van der Waals surface area contributed by atoms with Crippen LogP contribution < -0.4 is 4.74 Å². The number of benzene rings is 1.